The lowest BCUT2D eigenvalue weighted by Gasteiger charge is -2.26. The van der Waals surface area contributed by atoms with Gasteiger partial charge >= 0.3 is 6.03 Å². The number of hydrogen-bond donors (Lipinski definition) is 2. The van der Waals surface area contributed by atoms with Crippen LogP contribution in [0.1, 0.15) is 18.5 Å². The summed E-state index contributed by atoms with van der Waals surface area (Å²) < 4.78 is 54.2. The number of aromatic amines is 1. The fraction of sp³-hybridized carbons (Fsp3) is 0.158. The Morgan fingerprint density at radius 3 is 2.39 bits per heavy atom. The Hall–Kier alpha value is -3.36. The first-order chi connectivity index (χ1) is 13.2. The van der Waals surface area contributed by atoms with E-state index < -0.39 is 40.9 Å². The highest BCUT2D eigenvalue weighted by atomic mass is 19.2. The molecule has 3 aromatic rings. The number of halogens is 4. The number of urea groups is 1. The zero-order valence-corrected chi connectivity index (χ0v) is 14.8. The second-order valence-corrected chi connectivity index (χ2v) is 6.20. The summed E-state index contributed by atoms with van der Waals surface area (Å²) in [6.07, 6.45) is 1.29. The van der Waals surface area contributed by atoms with Crippen LogP contribution in [0.25, 0.3) is 10.8 Å². The van der Waals surface area contributed by atoms with E-state index in [0.717, 1.165) is 23.1 Å². The highest BCUT2D eigenvalue weighted by Gasteiger charge is 2.22. The number of nitrogens with zero attached hydrogens (tertiary/aromatic N) is 1. The molecule has 0 fully saturated rings. The van der Waals surface area contributed by atoms with Crippen molar-refractivity contribution in [2.75, 3.05) is 12.4 Å². The molecule has 2 amide bonds. The summed E-state index contributed by atoms with van der Waals surface area (Å²) in [6.45, 7) is 1.58. The molecule has 0 aliphatic heterocycles. The van der Waals surface area contributed by atoms with Gasteiger partial charge in [-0.2, -0.15) is 0 Å². The number of fused-ring (bicyclic) bond motifs is 1. The Labute approximate surface area is 156 Å². The summed E-state index contributed by atoms with van der Waals surface area (Å²) in [6, 6.07) is 3.52. The molecule has 0 aliphatic carbocycles. The molecule has 0 saturated carbocycles. The quantitative estimate of drug-likeness (QED) is 0.652. The van der Waals surface area contributed by atoms with Crippen LogP contribution in [0.4, 0.5) is 28.0 Å². The van der Waals surface area contributed by atoms with Crippen LogP contribution < -0.4 is 10.9 Å². The van der Waals surface area contributed by atoms with Gasteiger partial charge in [-0.25, -0.2) is 22.4 Å². The highest BCUT2D eigenvalue weighted by Crippen LogP contribution is 2.27. The van der Waals surface area contributed by atoms with Gasteiger partial charge in [-0.05, 0) is 42.1 Å². The number of nitrogens with one attached hydrogen (secondary N) is 2. The molecule has 0 spiro atoms. The molecule has 5 nitrogen and oxygen atoms in total. The van der Waals surface area contributed by atoms with E-state index in [4.69, 9.17) is 0 Å². The molecular formula is C19H15F4N3O2. The van der Waals surface area contributed by atoms with Gasteiger partial charge in [0.15, 0.2) is 23.3 Å². The Kier molecular flexibility index (Phi) is 5.08. The smallest absolute Gasteiger partial charge is 0.322 e. The summed E-state index contributed by atoms with van der Waals surface area (Å²) >= 11 is 0. The average Bonchev–Trinajstić information content (AvgIpc) is 2.66. The SMILES string of the molecule is CC(c1c[nH]c(=O)c2cc(F)c(F)cc12)N(C)C(=O)Nc1cccc(F)c1F. The Morgan fingerprint density at radius 1 is 1.07 bits per heavy atom. The van der Waals surface area contributed by atoms with Gasteiger partial charge in [-0.1, -0.05) is 6.07 Å². The number of H-pyrrole nitrogens is 1. The van der Waals surface area contributed by atoms with E-state index in [9.17, 15) is 27.2 Å². The number of anilines is 1. The van der Waals surface area contributed by atoms with Crippen molar-refractivity contribution < 1.29 is 22.4 Å². The van der Waals surface area contributed by atoms with Gasteiger partial charge in [0.25, 0.3) is 5.56 Å². The minimum absolute atomic E-state index is 0.0757. The molecule has 1 heterocycles. The maximum Gasteiger partial charge on any atom is 0.322 e. The minimum atomic E-state index is -1.20. The van der Waals surface area contributed by atoms with Crippen molar-refractivity contribution >= 4 is 22.5 Å². The van der Waals surface area contributed by atoms with Crippen LogP contribution in [0.15, 0.2) is 41.3 Å². The van der Waals surface area contributed by atoms with Crippen molar-refractivity contribution in [2.45, 2.75) is 13.0 Å². The van der Waals surface area contributed by atoms with E-state index in [1.165, 1.54) is 25.4 Å². The normalized spacial score (nSPS) is 12.1. The minimum Gasteiger partial charge on any atom is -0.328 e. The Balaban J connectivity index is 1.95. The van der Waals surface area contributed by atoms with E-state index in [1.54, 1.807) is 6.92 Å². The lowest BCUT2D eigenvalue weighted by Crippen LogP contribution is -2.34. The standard InChI is InChI=1S/C19H15F4N3O2/c1-9(26(2)19(28)25-16-5-3-4-13(20)17(16)23)12-8-24-18(27)11-7-15(22)14(21)6-10(11)12/h3-9H,1-2H3,(H,24,27)(H,25,28). The molecular weight excluding hydrogens is 378 g/mol. The summed E-state index contributed by atoms with van der Waals surface area (Å²) in [4.78, 5) is 27.9. The van der Waals surface area contributed by atoms with Crippen molar-refractivity contribution in [1.29, 1.82) is 0 Å². The largest absolute Gasteiger partial charge is 0.328 e. The topological polar surface area (TPSA) is 65.2 Å². The van der Waals surface area contributed by atoms with Crippen LogP contribution in [0.2, 0.25) is 0 Å². The first-order valence-electron chi connectivity index (χ1n) is 8.19. The number of rotatable bonds is 3. The van der Waals surface area contributed by atoms with Gasteiger partial charge in [0.05, 0.1) is 17.1 Å². The average molecular weight is 393 g/mol. The lowest BCUT2D eigenvalue weighted by molar-refractivity contribution is 0.208. The molecule has 0 saturated heterocycles. The zero-order chi connectivity index (χ0) is 20.6. The maximum atomic E-state index is 13.8. The van der Waals surface area contributed by atoms with Gasteiger partial charge < -0.3 is 15.2 Å². The number of amides is 2. The summed E-state index contributed by atoms with van der Waals surface area (Å²) in [5, 5.41) is 2.30. The third kappa shape index (κ3) is 3.42. The Morgan fingerprint density at radius 2 is 1.71 bits per heavy atom. The summed E-state index contributed by atoms with van der Waals surface area (Å²) in [7, 11) is 1.38. The number of carbonyl (C=O) groups is 1. The van der Waals surface area contributed by atoms with Crippen LogP contribution in [0.5, 0.6) is 0 Å². The summed E-state index contributed by atoms with van der Waals surface area (Å²) in [5.74, 6) is -4.63. The number of aromatic nitrogens is 1. The van der Waals surface area contributed by atoms with E-state index >= 15 is 0 Å². The molecule has 1 aromatic heterocycles. The molecule has 0 bridgehead atoms. The molecule has 2 N–H and O–H groups in total. The molecule has 0 aliphatic rings. The molecule has 1 atom stereocenters. The lowest BCUT2D eigenvalue weighted by atomic mass is 10.0. The molecule has 0 radical (unpaired) electrons. The fourth-order valence-electron chi connectivity index (χ4n) is 2.81. The van der Waals surface area contributed by atoms with Crippen LogP contribution in [-0.4, -0.2) is 23.0 Å². The van der Waals surface area contributed by atoms with Crippen molar-refractivity contribution in [3.63, 3.8) is 0 Å². The Bertz CT molecular complexity index is 1130. The second kappa shape index (κ2) is 7.34. The fourth-order valence-corrected chi connectivity index (χ4v) is 2.81. The zero-order valence-electron chi connectivity index (χ0n) is 14.8. The van der Waals surface area contributed by atoms with Gasteiger partial charge in [0.2, 0.25) is 0 Å². The van der Waals surface area contributed by atoms with E-state index in [2.05, 4.69) is 10.3 Å². The predicted octanol–water partition coefficient (Wildman–Crippen LogP) is 4.31. The van der Waals surface area contributed by atoms with Gasteiger partial charge in [-0.15, -0.1) is 0 Å². The molecule has 146 valence electrons. The van der Waals surface area contributed by atoms with E-state index in [-0.39, 0.29) is 16.5 Å². The summed E-state index contributed by atoms with van der Waals surface area (Å²) in [5.41, 5.74) is -0.617. The molecule has 3 rings (SSSR count). The first kappa shape index (κ1) is 19.4. The second-order valence-electron chi connectivity index (χ2n) is 6.20. The van der Waals surface area contributed by atoms with Crippen molar-refractivity contribution in [2.24, 2.45) is 0 Å². The maximum absolute atomic E-state index is 13.8. The highest BCUT2D eigenvalue weighted by molar-refractivity contribution is 5.90. The number of carbonyl (C=O) groups excluding carboxylic acids is 1. The predicted molar refractivity (Wildman–Crippen MR) is 96.0 cm³/mol. The third-order valence-electron chi connectivity index (χ3n) is 4.52. The van der Waals surface area contributed by atoms with Gasteiger partial charge in [-0.3, -0.25) is 4.79 Å². The van der Waals surface area contributed by atoms with Crippen LogP contribution in [0.3, 0.4) is 0 Å². The molecule has 9 heteroatoms. The first-order valence-corrected chi connectivity index (χ1v) is 8.19. The van der Waals surface area contributed by atoms with Crippen LogP contribution >= 0.6 is 0 Å². The van der Waals surface area contributed by atoms with Gasteiger partial charge in [0, 0.05) is 13.2 Å². The molecule has 1 unspecified atom stereocenters. The molecule has 2 aromatic carbocycles. The van der Waals surface area contributed by atoms with Crippen molar-refractivity contribution in [3.05, 3.63) is 75.7 Å². The van der Waals surface area contributed by atoms with Crippen molar-refractivity contribution in [3.8, 4) is 0 Å². The molecule has 28 heavy (non-hydrogen) atoms. The number of hydrogen-bond acceptors (Lipinski definition) is 2. The van der Waals surface area contributed by atoms with Crippen molar-refractivity contribution in [1.82, 2.24) is 9.88 Å². The number of benzene rings is 2. The van der Waals surface area contributed by atoms with Gasteiger partial charge in [0.1, 0.15) is 0 Å². The third-order valence-corrected chi connectivity index (χ3v) is 4.52. The van der Waals surface area contributed by atoms with E-state index in [1.807, 2.05) is 0 Å². The number of pyridine rings is 1. The van der Waals surface area contributed by atoms with Crippen LogP contribution in [0, 0.1) is 23.3 Å². The van der Waals surface area contributed by atoms with E-state index in [0.29, 0.717) is 5.56 Å². The van der Waals surface area contributed by atoms with Crippen LogP contribution in [-0.2, 0) is 0 Å². The monoisotopic (exact) mass is 393 g/mol.